The van der Waals surface area contributed by atoms with Crippen molar-refractivity contribution in [2.24, 2.45) is 5.10 Å². The van der Waals surface area contributed by atoms with Gasteiger partial charge in [0.25, 0.3) is 5.91 Å². The van der Waals surface area contributed by atoms with E-state index in [-0.39, 0.29) is 5.91 Å². The number of hydrogen-bond acceptors (Lipinski definition) is 5. The molecule has 0 radical (unpaired) electrons. The lowest BCUT2D eigenvalue weighted by molar-refractivity contribution is 0.0950. The van der Waals surface area contributed by atoms with E-state index in [9.17, 15) is 4.79 Å². The van der Waals surface area contributed by atoms with E-state index < -0.39 is 0 Å². The first-order valence-electron chi connectivity index (χ1n) is 11.6. The van der Waals surface area contributed by atoms with Crippen molar-refractivity contribution in [2.45, 2.75) is 27.7 Å². The molecule has 0 aliphatic carbocycles. The molecule has 5 aromatic rings. The molecular formula is C27H26N8O. The van der Waals surface area contributed by atoms with Gasteiger partial charge in [-0.2, -0.15) is 20.4 Å². The Hall–Kier alpha value is -4.79. The Balaban J connectivity index is 1.33. The van der Waals surface area contributed by atoms with E-state index >= 15 is 0 Å². The van der Waals surface area contributed by atoms with Crippen LogP contribution in [0.3, 0.4) is 0 Å². The van der Waals surface area contributed by atoms with Gasteiger partial charge in [-0.15, -0.1) is 0 Å². The molecule has 2 N–H and O–H groups in total. The van der Waals surface area contributed by atoms with Crippen molar-refractivity contribution in [2.75, 3.05) is 0 Å². The average Bonchev–Trinajstić information content (AvgIpc) is 3.57. The van der Waals surface area contributed by atoms with Gasteiger partial charge in [0.05, 0.1) is 46.1 Å². The summed E-state index contributed by atoms with van der Waals surface area (Å²) in [5.74, 6) is -0.387. The quantitative estimate of drug-likeness (QED) is 0.278. The van der Waals surface area contributed by atoms with Gasteiger partial charge in [0.15, 0.2) is 0 Å². The van der Waals surface area contributed by atoms with Gasteiger partial charge >= 0.3 is 0 Å². The maximum Gasteiger partial charge on any atom is 0.289 e. The molecule has 0 atom stereocenters. The monoisotopic (exact) mass is 478 g/mol. The first-order chi connectivity index (χ1) is 17.4. The number of aryl methyl sites for hydroxylation is 2. The van der Waals surface area contributed by atoms with Crippen LogP contribution in [0.1, 0.15) is 38.8 Å². The summed E-state index contributed by atoms with van der Waals surface area (Å²) in [7, 11) is 0. The number of H-pyrrole nitrogens is 1. The normalized spacial score (nSPS) is 11.3. The minimum absolute atomic E-state index is 0.307. The van der Waals surface area contributed by atoms with E-state index in [0.717, 1.165) is 45.3 Å². The Bertz CT molecular complexity index is 1560. The fourth-order valence-corrected chi connectivity index (χ4v) is 4.28. The van der Waals surface area contributed by atoms with E-state index in [2.05, 4.69) is 30.9 Å². The van der Waals surface area contributed by atoms with E-state index in [1.807, 2.05) is 97.7 Å². The lowest BCUT2D eigenvalue weighted by atomic mass is 10.1. The molecular weight excluding hydrogens is 452 g/mol. The summed E-state index contributed by atoms with van der Waals surface area (Å²) < 4.78 is 3.74. The van der Waals surface area contributed by atoms with Crippen molar-refractivity contribution in [3.05, 3.63) is 101 Å². The number of nitrogens with zero attached hydrogens (tertiary/aromatic N) is 6. The molecule has 5 rings (SSSR count). The fourth-order valence-electron chi connectivity index (χ4n) is 4.28. The van der Waals surface area contributed by atoms with Crippen LogP contribution in [-0.2, 0) is 0 Å². The second kappa shape index (κ2) is 9.46. The second-order valence-corrected chi connectivity index (χ2v) is 8.49. The molecule has 3 aromatic heterocycles. The smallest absolute Gasteiger partial charge is 0.272 e. The second-order valence-electron chi connectivity index (χ2n) is 8.49. The molecule has 0 saturated carbocycles. The summed E-state index contributed by atoms with van der Waals surface area (Å²) >= 11 is 0. The summed E-state index contributed by atoms with van der Waals surface area (Å²) in [5, 5.41) is 20.6. The number of para-hydroxylation sites is 2. The standard InChI is InChI=1S/C27H26N8O/c1-17-23(19(3)34(32-17)21-11-7-5-8-12-21)16-28-31-27(36)25-15-24(29-30-25)26-18(2)33-35(20(26)4)22-13-9-6-10-14-22/h5-16H,1-4H3,(H,29,30)(H,31,36). The lowest BCUT2D eigenvalue weighted by Crippen LogP contribution is -2.18. The van der Waals surface area contributed by atoms with Crippen LogP contribution in [0, 0.1) is 27.7 Å². The Morgan fingerprint density at radius 2 is 1.44 bits per heavy atom. The topological polar surface area (TPSA) is 106 Å². The van der Waals surface area contributed by atoms with Gasteiger partial charge in [-0.25, -0.2) is 14.8 Å². The number of benzene rings is 2. The molecule has 0 aliphatic rings. The van der Waals surface area contributed by atoms with Gasteiger partial charge in [-0.1, -0.05) is 36.4 Å². The predicted molar refractivity (Wildman–Crippen MR) is 139 cm³/mol. The number of amides is 1. The molecule has 1 amide bonds. The molecule has 0 fully saturated rings. The van der Waals surface area contributed by atoms with E-state index in [1.165, 1.54) is 0 Å². The highest BCUT2D eigenvalue weighted by Crippen LogP contribution is 2.27. The summed E-state index contributed by atoms with van der Waals surface area (Å²) in [4.78, 5) is 12.7. The molecule has 180 valence electrons. The molecule has 36 heavy (non-hydrogen) atoms. The molecule has 0 spiro atoms. The Labute approximate surface area is 208 Å². The third-order valence-corrected chi connectivity index (χ3v) is 6.08. The average molecular weight is 479 g/mol. The summed E-state index contributed by atoms with van der Waals surface area (Å²) in [6.07, 6.45) is 1.62. The predicted octanol–water partition coefficient (Wildman–Crippen LogP) is 4.45. The Kier molecular flexibility index (Phi) is 6.03. The minimum atomic E-state index is -0.387. The van der Waals surface area contributed by atoms with Crippen LogP contribution in [0.15, 0.2) is 71.8 Å². The van der Waals surface area contributed by atoms with Gasteiger partial charge in [0, 0.05) is 11.1 Å². The number of hydrogen-bond donors (Lipinski definition) is 2. The SMILES string of the molecule is Cc1nn(-c2ccccc2)c(C)c1C=NNC(=O)c1cc(-c2c(C)nn(-c3ccccc3)c2C)n[nH]1. The molecule has 9 nitrogen and oxygen atoms in total. The van der Waals surface area contributed by atoms with Crippen molar-refractivity contribution in [1.29, 1.82) is 0 Å². The molecule has 9 heteroatoms. The number of nitrogens with one attached hydrogen (secondary N) is 2. The van der Waals surface area contributed by atoms with Crippen LogP contribution in [-0.4, -0.2) is 41.9 Å². The van der Waals surface area contributed by atoms with Crippen LogP contribution in [0.2, 0.25) is 0 Å². The maximum atomic E-state index is 12.7. The highest BCUT2D eigenvalue weighted by molar-refractivity contribution is 5.94. The van der Waals surface area contributed by atoms with Gasteiger partial charge in [-0.3, -0.25) is 9.89 Å². The first-order valence-corrected chi connectivity index (χ1v) is 11.6. The molecule has 0 unspecified atom stereocenters. The molecule has 3 heterocycles. The molecule has 0 bridgehead atoms. The zero-order valence-electron chi connectivity index (χ0n) is 20.5. The maximum absolute atomic E-state index is 12.7. The van der Waals surface area contributed by atoms with E-state index in [4.69, 9.17) is 0 Å². The van der Waals surface area contributed by atoms with Crippen molar-refractivity contribution >= 4 is 12.1 Å². The van der Waals surface area contributed by atoms with Crippen LogP contribution < -0.4 is 5.43 Å². The lowest BCUT2D eigenvalue weighted by Gasteiger charge is -2.04. The Morgan fingerprint density at radius 1 is 0.861 bits per heavy atom. The third-order valence-electron chi connectivity index (χ3n) is 6.08. The van der Waals surface area contributed by atoms with Gasteiger partial charge in [-0.05, 0) is 58.0 Å². The van der Waals surface area contributed by atoms with Gasteiger partial charge < -0.3 is 0 Å². The van der Waals surface area contributed by atoms with Crippen molar-refractivity contribution < 1.29 is 4.79 Å². The van der Waals surface area contributed by atoms with Crippen molar-refractivity contribution in [3.63, 3.8) is 0 Å². The van der Waals surface area contributed by atoms with E-state index in [0.29, 0.717) is 11.4 Å². The van der Waals surface area contributed by atoms with Gasteiger partial charge in [0.2, 0.25) is 0 Å². The van der Waals surface area contributed by atoms with Crippen molar-refractivity contribution in [3.8, 4) is 22.6 Å². The zero-order valence-corrected chi connectivity index (χ0v) is 20.5. The zero-order chi connectivity index (χ0) is 25.2. The number of rotatable bonds is 6. The van der Waals surface area contributed by atoms with Gasteiger partial charge in [0.1, 0.15) is 5.69 Å². The fraction of sp³-hybridized carbons (Fsp3) is 0.148. The van der Waals surface area contributed by atoms with Crippen LogP contribution in [0.4, 0.5) is 0 Å². The first kappa shape index (κ1) is 23.0. The summed E-state index contributed by atoms with van der Waals surface area (Å²) in [6, 6.07) is 21.5. The summed E-state index contributed by atoms with van der Waals surface area (Å²) in [6.45, 7) is 7.80. The van der Waals surface area contributed by atoms with Crippen molar-refractivity contribution in [1.82, 2.24) is 35.2 Å². The highest BCUT2D eigenvalue weighted by Gasteiger charge is 2.19. The molecule has 0 saturated heterocycles. The number of aromatic amines is 1. The minimum Gasteiger partial charge on any atom is -0.272 e. The molecule has 2 aromatic carbocycles. The van der Waals surface area contributed by atoms with Crippen LogP contribution in [0.5, 0.6) is 0 Å². The number of carbonyl (C=O) groups is 1. The highest BCUT2D eigenvalue weighted by atomic mass is 16.2. The van der Waals surface area contributed by atoms with Crippen LogP contribution >= 0.6 is 0 Å². The van der Waals surface area contributed by atoms with E-state index in [1.54, 1.807) is 12.3 Å². The summed E-state index contributed by atoms with van der Waals surface area (Å²) in [5.41, 5.74) is 10.7. The largest absolute Gasteiger partial charge is 0.289 e. The third kappa shape index (κ3) is 4.22. The number of hydrazone groups is 1. The number of aromatic nitrogens is 6. The number of carbonyl (C=O) groups excluding carboxylic acids is 1. The Morgan fingerprint density at radius 3 is 2.08 bits per heavy atom. The molecule has 0 aliphatic heterocycles. The van der Waals surface area contributed by atoms with Crippen LogP contribution in [0.25, 0.3) is 22.6 Å².